The number of amides is 1. The van der Waals surface area contributed by atoms with E-state index in [1.54, 1.807) is 7.11 Å². The number of ether oxygens (including phenoxy) is 1. The topological polar surface area (TPSA) is 68.5 Å². The summed E-state index contributed by atoms with van der Waals surface area (Å²) < 4.78 is 10.7. The first kappa shape index (κ1) is 16.5. The molecule has 1 unspecified atom stereocenters. The van der Waals surface area contributed by atoms with Gasteiger partial charge in [0.2, 0.25) is 17.6 Å². The summed E-state index contributed by atoms with van der Waals surface area (Å²) in [6, 6.07) is 7.44. The second kappa shape index (κ2) is 7.47. The number of hydrogen-bond donors (Lipinski definition) is 0. The van der Waals surface area contributed by atoms with E-state index in [0.29, 0.717) is 18.1 Å². The van der Waals surface area contributed by atoms with Crippen LogP contribution in [0, 0.1) is 0 Å². The van der Waals surface area contributed by atoms with Gasteiger partial charge in [-0.3, -0.25) is 4.79 Å². The van der Waals surface area contributed by atoms with Gasteiger partial charge in [-0.25, -0.2) is 0 Å². The molecule has 128 valence electrons. The molecule has 1 aromatic heterocycles. The van der Waals surface area contributed by atoms with Gasteiger partial charge in [0, 0.05) is 18.5 Å². The van der Waals surface area contributed by atoms with Crippen molar-refractivity contribution in [3.05, 3.63) is 30.2 Å². The zero-order chi connectivity index (χ0) is 16.9. The normalized spacial score (nSPS) is 17.2. The van der Waals surface area contributed by atoms with Crippen LogP contribution < -0.4 is 4.74 Å². The highest BCUT2D eigenvalue weighted by Crippen LogP contribution is 2.33. The molecule has 1 fully saturated rings. The molecule has 0 radical (unpaired) electrons. The lowest BCUT2D eigenvalue weighted by atomic mass is 10.2. The van der Waals surface area contributed by atoms with E-state index in [1.807, 2.05) is 29.2 Å². The van der Waals surface area contributed by atoms with Crippen molar-refractivity contribution in [1.29, 1.82) is 0 Å². The molecule has 1 amide bonds. The summed E-state index contributed by atoms with van der Waals surface area (Å²) in [6.45, 7) is 2.86. The first-order valence-corrected chi connectivity index (χ1v) is 8.50. The minimum absolute atomic E-state index is 0.0961. The van der Waals surface area contributed by atoms with E-state index in [4.69, 9.17) is 9.26 Å². The largest absolute Gasteiger partial charge is 0.497 e. The second-order valence-corrected chi connectivity index (χ2v) is 6.04. The number of methoxy groups -OCH3 is 1. The maximum absolute atomic E-state index is 12.4. The predicted octanol–water partition coefficient (Wildman–Crippen LogP) is 3.60. The third-order valence-electron chi connectivity index (χ3n) is 4.37. The molecule has 6 heteroatoms. The summed E-state index contributed by atoms with van der Waals surface area (Å²) in [5, 5.41) is 4.08. The van der Waals surface area contributed by atoms with Gasteiger partial charge in [-0.05, 0) is 31.4 Å². The van der Waals surface area contributed by atoms with Gasteiger partial charge in [0.05, 0.1) is 7.11 Å². The highest BCUT2D eigenvalue weighted by atomic mass is 16.5. The molecule has 2 aromatic rings. The summed E-state index contributed by atoms with van der Waals surface area (Å²) >= 11 is 0. The van der Waals surface area contributed by atoms with E-state index in [0.717, 1.165) is 43.5 Å². The van der Waals surface area contributed by atoms with E-state index in [2.05, 4.69) is 17.1 Å². The minimum atomic E-state index is -0.0961. The average Bonchev–Trinajstić information content (AvgIpc) is 3.28. The van der Waals surface area contributed by atoms with Crippen molar-refractivity contribution in [1.82, 2.24) is 15.0 Å². The fourth-order valence-electron chi connectivity index (χ4n) is 3.04. The molecule has 3 rings (SSSR count). The Balaban J connectivity index is 1.77. The molecule has 6 nitrogen and oxygen atoms in total. The number of rotatable bonds is 6. The highest BCUT2D eigenvalue weighted by molar-refractivity contribution is 5.76. The minimum Gasteiger partial charge on any atom is -0.497 e. The van der Waals surface area contributed by atoms with Gasteiger partial charge < -0.3 is 14.2 Å². The Labute approximate surface area is 141 Å². The lowest BCUT2D eigenvalue weighted by Crippen LogP contribution is -2.30. The monoisotopic (exact) mass is 329 g/mol. The van der Waals surface area contributed by atoms with Crippen LogP contribution in [0.25, 0.3) is 11.4 Å². The Morgan fingerprint density at radius 3 is 3.12 bits per heavy atom. The highest BCUT2D eigenvalue weighted by Gasteiger charge is 2.33. The number of unbranched alkanes of at least 4 members (excludes halogenated alkanes) is 1. The quantitative estimate of drug-likeness (QED) is 0.810. The molecule has 0 spiro atoms. The average molecular weight is 329 g/mol. The third kappa shape index (κ3) is 3.42. The summed E-state index contributed by atoms with van der Waals surface area (Å²) in [4.78, 5) is 18.8. The Hall–Kier alpha value is -2.37. The summed E-state index contributed by atoms with van der Waals surface area (Å²) in [5.74, 6) is 1.98. The van der Waals surface area contributed by atoms with Gasteiger partial charge in [-0.2, -0.15) is 4.98 Å². The van der Waals surface area contributed by atoms with Crippen LogP contribution in [0.15, 0.2) is 28.8 Å². The van der Waals surface area contributed by atoms with Crippen LogP contribution in [0.5, 0.6) is 5.75 Å². The van der Waals surface area contributed by atoms with Crippen LogP contribution in [0.4, 0.5) is 0 Å². The molecule has 1 saturated heterocycles. The predicted molar refractivity (Wildman–Crippen MR) is 89.5 cm³/mol. The molecule has 0 saturated carbocycles. The lowest BCUT2D eigenvalue weighted by Gasteiger charge is -2.21. The van der Waals surface area contributed by atoms with Crippen LogP contribution in [-0.2, 0) is 4.79 Å². The summed E-state index contributed by atoms with van der Waals surface area (Å²) in [6.07, 6.45) is 4.37. The molecule has 24 heavy (non-hydrogen) atoms. The Morgan fingerprint density at radius 1 is 1.46 bits per heavy atom. The van der Waals surface area contributed by atoms with E-state index < -0.39 is 0 Å². The Kier molecular flexibility index (Phi) is 5.13. The molecule has 0 N–H and O–H groups in total. The van der Waals surface area contributed by atoms with Gasteiger partial charge in [-0.1, -0.05) is 30.6 Å². The van der Waals surface area contributed by atoms with Gasteiger partial charge in [0.15, 0.2) is 0 Å². The zero-order valence-corrected chi connectivity index (χ0v) is 14.2. The van der Waals surface area contributed by atoms with Crippen LogP contribution in [0.3, 0.4) is 0 Å². The van der Waals surface area contributed by atoms with Crippen LogP contribution in [0.1, 0.15) is 51.0 Å². The first-order chi connectivity index (χ1) is 11.7. The summed E-state index contributed by atoms with van der Waals surface area (Å²) in [7, 11) is 1.62. The van der Waals surface area contributed by atoms with Crippen molar-refractivity contribution in [3.63, 3.8) is 0 Å². The molecule has 1 aliphatic rings. The standard InChI is InChI=1S/C18H23N3O3/c1-3-4-10-16(22)21-11-6-9-15(21)18-19-17(20-24-18)13-7-5-8-14(12-13)23-2/h5,7-8,12,15H,3-4,6,9-11H2,1-2H3. The summed E-state index contributed by atoms with van der Waals surface area (Å²) in [5.41, 5.74) is 0.839. The molecular weight excluding hydrogens is 306 g/mol. The number of carbonyl (C=O) groups is 1. The van der Waals surface area contributed by atoms with Crippen molar-refractivity contribution in [2.45, 2.75) is 45.1 Å². The maximum atomic E-state index is 12.4. The fraction of sp³-hybridized carbons (Fsp3) is 0.500. The molecule has 0 aliphatic carbocycles. The lowest BCUT2D eigenvalue weighted by molar-refractivity contribution is -0.132. The van der Waals surface area contributed by atoms with Crippen LogP contribution in [0.2, 0.25) is 0 Å². The van der Waals surface area contributed by atoms with E-state index in [1.165, 1.54) is 0 Å². The molecule has 1 aromatic carbocycles. The molecule has 2 heterocycles. The van der Waals surface area contributed by atoms with Crippen molar-refractivity contribution in [2.24, 2.45) is 0 Å². The number of carbonyl (C=O) groups excluding carboxylic acids is 1. The zero-order valence-electron chi connectivity index (χ0n) is 14.2. The van der Waals surface area contributed by atoms with Crippen molar-refractivity contribution < 1.29 is 14.1 Å². The van der Waals surface area contributed by atoms with Gasteiger partial charge in [-0.15, -0.1) is 0 Å². The first-order valence-electron chi connectivity index (χ1n) is 8.50. The van der Waals surface area contributed by atoms with Gasteiger partial charge in [0.25, 0.3) is 0 Å². The number of benzene rings is 1. The van der Waals surface area contributed by atoms with Crippen LogP contribution in [-0.4, -0.2) is 34.6 Å². The number of nitrogens with zero attached hydrogens (tertiary/aromatic N) is 3. The Morgan fingerprint density at radius 2 is 2.33 bits per heavy atom. The van der Waals surface area contributed by atoms with E-state index >= 15 is 0 Å². The molecular formula is C18H23N3O3. The fourth-order valence-corrected chi connectivity index (χ4v) is 3.04. The van der Waals surface area contributed by atoms with E-state index in [9.17, 15) is 4.79 Å². The number of hydrogen-bond acceptors (Lipinski definition) is 5. The number of likely N-dealkylation sites (tertiary alicyclic amines) is 1. The molecule has 1 aliphatic heterocycles. The van der Waals surface area contributed by atoms with Gasteiger partial charge >= 0.3 is 0 Å². The molecule has 0 bridgehead atoms. The SMILES string of the molecule is CCCCC(=O)N1CCCC1c1nc(-c2cccc(OC)c2)no1. The third-order valence-corrected chi connectivity index (χ3v) is 4.37. The van der Waals surface area contributed by atoms with Crippen molar-refractivity contribution in [3.8, 4) is 17.1 Å². The van der Waals surface area contributed by atoms with Crippen LogP contribution >= 0.6 is 0 Å². The number of aromatic nitrogens is 2. The Bertz CT molecular complexity index is 698. The van der Waals surface area contributed by atoms with Crippen molar-refractivity contribution >= 4 is 5.91 Å². The smallest absolute Gasteiger partial charge is 0.249 e. The maximum Gasteiger partial charge on any atom is 0.249 e. The van der Waals surface area contributed by atoms with Gasteiger partial charge in [0.1, 0.15) is 11.8 Å². The van der Waals surface area contributed by atoms with E-state index in [-0.39, 0.29) is 11.9 Å². The second-order valence-electron chi connectivity index (χ2n) is 6.04. The van der Waals surface area contributed by atoms with Crippen molar-refractivity contribution in [2.75, 3.05) is 13.7 Å². The molecule has 1 atom stereocenters.